The smallest absolute Gasteiger partial charge is 0.266 e. The monoisotopic (exact) mass is 545 g/mol. The van der Waals surface area contributed by atoms with E-state index in [1.165, 1.54) is 23.9 Å². The maximum absolute atomic E-state index is 13.6. The highest BCUT2D eigenvalue weighted by molar-refractivity contribution is 8.26. The molecule has 0 saturated carbocycles. The molecule has 5 rings (SSSR count). The van der Waals surface area contributed by atoms with Crippen LogP contribution in [0.3, 0.4) is 0 Å². The van der Waals surface area contributed by atoms with Crippen LogP contribution in [-0.2, 0) is 11.2 Å². The Morgan fingerprint density at radius 1 is 1.00 bits per heavy atom. The number of benzene rings is 3. The molecule has 1 aliphatic rings. The van der Waals surface area contributed by atoms with Gasteiger partial charge in [-0.25, -0.2) is 9.07 Å². The first kappa shape index (κ1) is 25.7. The number of rotatable bonds is 8. The molecule has 1 aliphatic heterocycles. The van der Waals surface area contributed by atoms with Gasteiger partial charge in [0.25, 0.3) is 5.91 Å². The first-order valence-corrected chi connectivity index (χ1v) is 13.1. The van der Waals surface area contributed by atoms with E-state index in [1.54, 1.807) is 42.0 Å². The third kappa shape index (κ3) is 5.34. The van der Waals surface area contributed by atoms with Crippen LogP contribution < -0.4 is 9.47 Å². The number of hydrogen-bond donors (Lipinski definition) is 0. The summed E-state index contributed by atoms with van der Waals surface area (Å²) in [6, 6.07) is 21.5. The van der Waals surface area contributed by atoms with E-state index in [-0.39, 0.29) is 11.7 Å². The molecule has 0 aliphatic carbocycles. The summed E-state index contributed by atoms with van der Waals surface area (Å²) in [7, 11) is 3.18. The highest BCUT2D eigenvalue weighted by Crippen LogP contribution is 2.35. The number of carbonyl (C=O) groups excluding carboxylic acids is 1. The van der Waals surface area contributed by atoms with Crippen molar-refractivity contribution < 1.29 is 18.7 Å². The molecule has 6 nitrogen and oxygen atoms in total. The Balaban J connectivity index is 1.42. The zero-order chi connectivity index (χ0) is 26.6. The maximum atomic E-state index is 13.6. The summed E-state index contributed by atoms with van der Waals surface area (Å²) in [5.74, 6) is 0.808. The summed E-state index contributed by atoms with van der Waals surface area (Å²) in [4.78, 5) is 15.5. The fourth-order valence-corrected chi connectivity index (χ4v) is 5.45. The lowest BCUT2D eigenvalue weighted by atomic mass is 10.1. The molecule has 3 aromatic carbocycles. The number of amides is 1. The second-order valence-corrected chi connectivity index (χ2v) is 10.2. The maximum Gasteiger partial charge on any atom is 0.266 e. The first-order chi connectivity index (χ1) is 18.5. The van der Waals surface area contributed by atoms with Crippen molar-refractivity contribution in [2.24, 2.45) is 0 Å². The lowest BCUT2D eigenvalue weighted by molar-refractivity contribution is -0.122. The summed E-state index contributed by atoms with van der Waals surface area (Å²) in [5.41, 5.74) is 4.00. The van der Waals surface area contributed by atoms with Gasteiger partial charge in [0, 0.05) is 23.9 Å². The summed E-state index contributed by atoms with van der Waals surface area (Å²) in [5, 5.41) is 4.75. The number of ether oxygens (including phenoxy) is 2. The Labute approximate surface area is 229 Å². The van der Waals surface area contributed by atoms with Crippen molar-refractivity contribution in [2.75, 3.05) is 20.8 Å². The minimum atomic E-state index is -0.326. The van der Waals surface area contributed by atoms with Crippen LogP contribution in [0.15, 0.2) is 83.9 Å². The van der Waals surface area contributed by atoms with Crippen LogP contribution >= 0.6 is 24.0 Å². The molecule has 1 saturated heterocycles. The minimum Gasteiger partial charge on any atom is -0.493 e. The van der Waals surface area contributed by atoms with E-state index >= 15 is 0 Å². The molecule has 1 amide bonds. The summed E-state index contributed by atoms with van der Waals surface area (Å²) < 4.78 is 26.5. The SMILES string of the molecule is COc1ccc(CCN2C(=O)C(=Cc3cn(-c4ccccc4)nc3-c3ccc(F)cc3)SC2=S)cc1OC. The number of thioether (sulfide) groups is 1. The van der Waals surface area contributed by atoms with Crippen molar-refractivity contribution in [2.45, 2.75) is 6.42 Å². The zero-order valence-electron chi connectivity index (χ0n) is 20.8. The van der Waals surface area contributed by atoms with Crippen molar-refractivity contribution in [3.63, 3.8) is 0 Å². The predicted octanol–water partition coefficient (Wildman–Crippen LogP) is 6.14. The molecule has 2 heterocycles. The van der Waals surface area contributed by atoms with E-state index in [0.717, 1.165) is 22.4 Å². The van der Waals surface area contributed by atoms with Crippen LogP contribution in [-0.4, -0.2) is 45.7 Å². The molecule has 0 spiro atoms. The second kappa shape index (κ2) is 11.2. The fraction of sp³-hybridized carbons (Fsp3) is 0.138. The largest absolute Gasteiger partial charge is 0.493 e. The number of halogens is 1. The van der Waals surface area contributed by atoms with Gasteiger partial charge in [-0.15, -0.1) is 0 Å². The van der Waals surface area contributed by atoms with Gasteiger partial charge in [0.05, 0.1) is 30.5 Å². The second-order valence-electron chi connectivity index (χ2n) is 8.49. The molecule has 0 radical (unpaired) electrons. The van der Waals surface area contributed by atoms with Gasteiger partial charge in [0.15, 0.2) is 11.5 Å². The van der Waals surface area contributed by atoms with Crippen LogP contribution in [0.1, 0.15) is 11.1 Å². The third-order valence-corrected chi connectivity index (χ3v) is 7.49. The summed E-state index contributed by atoms with van der Waals surface area (Å²) in [6.07, 6.45) is 4.28. The number of thiocarbonyl (C=S) groups is 1. The van der Waals surface area contributed by atoms with Crippen molar-refractivity contribution in [3.05, 3.63) is 101 Å². The predicted molar refractivity (Wildman–Crippen MR) is 152 cm³/mol. The van der Waals surface area contributed by atoms with Crippen LogP contribution in [0.4, 0.5) is 4.39 Å². The lowest BCUT2D eigenvalue weighted by Gasteiger charge is -2.15. The van der Waals surface area contributed by atoms with Gasteiger partial charge >= 0.3 is 0 Å². The summed E-state index contributed by atoms with van der Waals surface area (Å²) in [6.45, 7) is 0.436. The molecule has 0 atom stereocenters. The normalized spacial score (nSPS) is 14.4. The Bertz CT molecular complexity index is 1520. The van der Waals surface area contributed by atoms with E-state index in [0.29, 0.717) is 39.4 Å². The quantitative estimate of drug-likeness (QED) is 0.196. The number of para-hydroxylation sites is 1. The lowest BCUT2D eigenvalue weighted by Crippen LogP contribution is -2.30. The van der Waals surface area contributed by atoms with Gasteiger partial charge in [0.2, 0.25) is 0 Å². The number of methoxy groups -OCH3 is 2. The molecular weight excluding hydrogens is 521 g/mol. The molecule has 4 aromatic rings. The number of aromatic nitrogens is 2. The van der Waals surface area contributed by atoms with Gasteiger partial charge in [-0.1, -0.05) is 48.2 Å². The average Bonchev–Trinajstić information content (AvgIpc) is 3.48. The highest BCUT2D eigenvalue weighted by Gasteiger charge is 2.32. The molecule has 192 valence electrons. The standard InChI is InChI=1S/C29H24FN3O3S2/c1-35-24-13-8-19(16-25(24)36-2)14-15-32-28(34)26(38-29(32)37)17-21-18-33(23-6-4-3-5-7-23)31-27(21)20-9-11-22(30)12-10-20/h3-13,16-18H,14-15H2,1-2H3. The molecule has 38 heavy (non-hydrogen) atoms. The fourth-order valence-electron chi connectivity index (χ4n) is 4.15. The highest BCUT2D eigenvalue weighted by atomic mass is 32.2. The van der Waals surface area contributed by atoms with E-state index in [4.69, 9.17) is 26.8 Å². The molecule has 0 bridgehead atoms. The minimum absolute atomic E-state index is 0.155. The van der Waals surface area contributed by atoms with Crippen LogP contribution in [0, 0.1) is 5.82 Å². The zero-order valence-corrected chi connectivity index (χ0v) is 22.4. The Kier molecular flexibility index (Phi) is 7.57. The molecule has 1 fully saturated rings. The molecule has 1 aromatic heterocycles. The van der Waals surface area contributed by atoms with Crippen LogP contribution in [0.5, 0.6) is 11.5 Å². The average molecular weight is 546 g/mol. The summed E-state index contributed by atoms with van der Waals surface area (Å²) >= 11 is 6.82. The van der Waals surface area contributed by atoms with Crippen molar-refractivity contribution in [3.8, 4) is 28.4 Å². The van der Waals surface area contributed by atoms with E-state index < -0.39 is 0 Å². The van der Waals surface area contributed by atoms with Gasteiger partial charge in [-0.05, 0) is 66.6 Å². The van der Waals surface area contributed by atoms with Gasteiger partial charge in [0.1, 0.15) is 10.1 Å². The molecule has 0 unspecified atom stereocenters. The van der Waals surface area contributed by atoms with Crippen LogP contribution in [0.25, 0.3) is 23.0 Å². The topological polar surface area (TPSA) is 56.6 Å². The third-order valence-electron chi connectivity index (χ3n) is 6.11. The molecule has 0 N–H and O–H groups in total. The van der Waals surface area contributed by atoms with Crippen molar-refractivity contribution in [1.82, 2.24) is 14.7 Å². The van der Waals surface area contributed by atoms with E-state index in [9.17, 15) is 9.18 Å². The van der Waals surface area contributed by atoms with Gasteiger partial charge in [-0.3, -0.25) is 9.69 Å². The van der Waals surface area contributed by atoms with Gasteiger partial charge < -0.3 is 9.47 Å². The molecule has 9 heteroatoms. The number of hydrogen-bond acceptors (Lipinski definition) is 6. The Morgan fingerprint density at radius 2 is 1.74 bits per heavy atom. The molecular formula is C29H24FN3O3S2. The van der Waals surface area contributed by atoms with Gasteiger partial charge in [-0.2, -0.15) is 5.10 Å². The van der Waals surface area contributed by atoms with E-state index in [1.807, 2.05) is 54.7 Å². The first-order valence-electron chi connectivity index (χ1n) is 11.8. The van der Waals surface area contributed by atoms with Crippen molar-refractivity contribution >= 4 is 40.3 Å². The van der Waals surface area contributed by atoms with E-state index in [2.05, 4.69) is 0 Å². The Hall–Kier alpha value is -3.95. The Morgan fingerprint density at radius 3 is 2.45 bits per heavy atom. The number of carbonyl (C=O) groups is 1. The van der Waals surface area contributed by atoms with Crippen LogP contribution in [0.2, 0.25) is 0 Å². The van der Waals surface area contributed by atoms with Crippen molar-refractivity contribution in [1.29, 1.82) is 0 Å². The number of nitrogens with zero attached hydrogens (tertiary/aromatic N) is 3.